The van der Waals surface area contributed by atoms with Gasteiger partial charge in [-0.1, -0.05) is 6.07 Å². The monoisotopic (exact) mass is 387 g/mol. The molecular weight excluding hydrogens is 372 g/mol. The molecular formula is C19H15F2N3O4. The van der Waals surface area contributed by atoms with Crippen LogP contribution in [0.4, 0.5) is 8.78 Å². The summed E-state index contributed by atoms with van der Waals surface area (Å²) >= 11 is 0. The number of aromatic nitrogens is 2. The smallest absolute Gasteiger partial charge is 0.387 e. The van der Waals surface area contributed by atoms with Gasteiger partial charge in [-0.15, -0.1) is 0 Å². The summed E-state index contributed by atoms with van der Waals surface area (Å²) in [5, 5.41) is 18.9. The van der Waals surface area contributed by atoms with E-state index in [1.165, 1.54) is 45.5 Å². The first kappa shape index (κ1) is 19.1. The second kappa shape index (κ2) is 7.15. The van der Waals surface area contributed by atoms with Gasteiger partial charge in [-0.3, -0.25) is 9.13 Å². The molecule has 9 heteroatoms. The highest BCUT2D eigenvalue weighted by atomic mass is 19.3. The van der Waals surface area contributed by atoms with Gasteiger partial charge in [0.1, 0.15) is 11.8 Å². The van der Waals surface area contributed by atoms with Gasteiger partial charge in [-0.25, -0.2) is 9.59 Å². The van der Waals surface area contributed by atoms with E-state index in [0.29, 0.717) is 0 Å². The Morgan fingerprint density at radius 2 is 1.96 bits per heavy atom. The number of halogens is 2. The lowest BCUT2D eigenvalue weighted by atomic mass is 10.1. The molecule has 3 aromatic rings. The van der Waals surface area contributed by atoms with Crippen molar-refractivity contribution in [3.05, 3.63) is 58.0 Å². The van der Waals surface area contributed by atoms with Crippen LogP contribution in [0.5, 0.6) is 5.75 Å². The number of rotatable bonds is 5. The molecule has 0 bridgehead atoms. The third-order valence-corrected chi connectivity index (χ3v) is 4.20. The number of carbonyl (C=O) groups is 1. The molecule has 28 heavy (non-hydrogen) atoms. The summed E-state index contributed by atoms with van der Waals surface area (Å²) in [4.78, 5) is 24.6. The van der Waals surface area contributed by atoms with Gasteiger partial charge >= 0.3 is 18.3 Å². The number of imidazole rings is 1. The molecule has 0 aliphatic rings. The Hall–Kier alpha value is -3.67. The van der Waals surface area contributed by atoms with E-state index in [1.807, 2.05) is 6.07 Å². The van der Waals surface area contributed by atoms with Gasteiger partial charge in [-0.05, 0) is 38.1 Å². The number of ether oxygens (including phenoxy) is 1. The van der Waals surface area contributed by atoms with Gasteiger partial charge in [0.2, 0.25) is 0 Å². The number of nitrogens with zero attached hydrogens (tertiary/aromatic N) is 3. The Morgan fingerprint density at radius 3 is 2.54 bits per heavy atom. The first-order chi connectivity index (χ1) is 13.3. The lowest BCUT2D eigenvalue weighted by Gasteiger charge is -2.08. The van der Waals surface area contributed by atoms with Crippen molar-refractivity contribution in [3.8, 4) is 17.5 Å². The zero-order valence-corrected chi connectivity index (χ0v) is 14.9. The highest BCUT2D eigenvalue weighted by Crippen LogP contribution is 2.27. The summed E-state index contributed by atoms with van der Waals surface area (Å²) in [6.45, 7) is 0.416. The average molecular weight is 387 g/mol. The van der Waals surface area contributed by atoms with Gasteiger partial charge in [-0.2, -0.15) is 14.0 Å². The number of alkyl halides is 2. The maximum absolute atomic E-state index is 13.1. The molecule has 0 amide bonds. The first-order valence-electron chi connectivity index (χ1n) is 8.24. The number of benzene rings is 2. The van der Waals surface area contributed by atoms with Crippen molar-refractivity contribution < 1.29 is 23.4 Å². The van der Waals surface area contributed by atoms with E-state index in [2.05, 4.69) is 4.74 Å². The molecule has 7 nitrogen and oxygen atoms in total. The van der Waals surface area contributed by atoms with Gasteiger partial charge in [0.25, 0.3) is 0 Å². The van der Waals surface area contributed by atoms with Gasteiger partial charge in [0.05, 0.1) is 27.8 Å². The number of nitriles is 1. The largest absolute Gasteiger partial charge is 0.478 e. The van der Waals surface area contributed by atoms with Crippen molar-refractivity contribution in [3.63, 3.8) is 0 Å². The third kappa shape index (κ3) is 3.09. The zero-order valence-electron chi connectivity index (χ0n) is 14.9. The molecule has 0 radical (unpaired) electrons. The van der Waals surface area contributed by atoms with Crippen LogP contribution in [0.15, 0.2) is 41.2 Å². The maximum Gasteiger partial charge on any atom is 0.387 e. The van der Waals surface area contributed by atoms with E-state index in [1.54, 1.807) is 13.8 Å². The molecule has 0 spiro atoms. The molecule has 0 saturated carbocycles. The summed E-state index contributed by atoms with van der Waals surface area (Å²) in [6, 6.07) is 9.72. The van der Waals surface area contributed by atoms with Crippen LogP contribution in [0.3, 0.4) is 0 Å². The molecule has 3 rings (SSSR count). The molecule has 0 aliphatic carbocycles. The van der Waals surface area contributed by atoms with E-state index in [0.717, 1.165) is 0 Å². The van der Waals surface area contributed by atoms with E-state index in [-0.39, 0.29) is 39.6 Å². The molecule has 0 unspecified atom stereocenters. The normalized spacial score (nSPS) is 11.2. The minimum Gasteiger partial charge on any atom is -0.478 e. The van der Waals surface area contributed by atoms with Crippen LogP contribution in [0, 0.1) is 11.3 Å². The lowest BCUT2D eigenvalue weighted by molar-refractivity contribution is -0.0498. The maximum atomic E-state index is 13.1. The molecule has 144 valence electrons. The van der Waals surface area contributed by atoms with E-state index >= 15 is 0 Å². The quantitative estimate of drug-likeness (QED) is 0.722. The van der Waals surface area contributed by atoms with E-state index in [9.17, 15) is 28.7 Å². The van der Waals surface area contributed by atoms with E-state index in [4.69, 9.17) is 0 Å². The topological polar surface area (TPSA) is 97.2 Å². The predicted octanol–water partition coefficient (Wildman–Crippen LogP) is 3.54. The Balaban J connectivity index is 2.40. The highest BCUT2D eigenvalue weighted by Gasteiger charge is 2.23. The van der Waals surface area contributed by atoms with Crippen molar-refractivity contribution in [2.75, 3.05) is 0 Å². The Bertz CT molecular complexity index is 1170. The minimum atomic E-state index is -3.02. The number of aromatic carboxylic acids is 1. The number of carboxylic acids is 1. The Morgan fingerprint density at radius 1 is 1.25 bits per heavy atom. The molecule has 2 aromatic carbocycles. The number of hydrogen-bond donors (Lipinski definition) is 1. The van der Waals surface area contributed by atoms with Gasteiger partial charge in [0, 0.05) is 12.1 Å². The Labute approximate surface area is 157 Å². The van der Waals surface area contributed by atoms with Crippen LogP contribution in [0.1, 0.15) is 35.8 Å². The van der Waals surface area contributed by atoms with E-state index < -0.39 is 18.3 Å². The number of fused-ring (bicyclic) bond motifs is 1. The van der Waals surface area contributed by atoms with Crippen molar-refractivity contribution in [1.29, 1.82) is 5.26 Å². The third-order valence-electron chi connectivity index (χ3n) is 4.20. The highest BCUT2D eigenvalue weighted by molar-refractivity contribution is 5.98. The van der Waals surface area contributed by atoms with Crippen LogP contribution in [0.2, 0.25) is 0 Å². The van der Waals surface area contributed by atoms with Crippen molar-refractivity contribution >= 4 is 17.0 Å². The minimum absolute atomic E-state index is 0.132. The molecule has 1 aromatic heterocycles. The number of hydrogen-bond acceptors (Lipinski definition) is 4. The van der Waals surface area contributed by atoms with Crippen LogP contribution in [-0.2, 0) is 0 Å². The molecule has 0 aliphatic heterocycles. The second-order valence-corrected chi connectivity index (χ2v) is 6.23. The molecule has 0 atom stereocenters. The van der Waals surface area contributed by atoms with Crippen LogP contribution in [0.25, 0.3) is 16.7 Å². The fourth-order valence-electron chi connectivity index (χ4n) is 3.13. The molecule has 1 heterocycles. The van der Waals surface area contributed by atoms with Crippen molar-refractivity contribution in [2.45, 2.75) is 26.5 Å². The standard InChI is InChI=1S/C19H15F2N3O4/c1-10(2)23-16-14(9-22)13(17(25)26)6-7-15(16)24(19(23)27)11-4-3-5-12(8-11)28-18(20)21/h3-8,10,18H,1-2H3,(H,25,26). The summed E-state index contributed by atoms with van der Waals surface area (Å²) in [5.74, 6) is -1.42. The number of carboxylic acid groups (broad SMARTS) is 1. The van der Waals surface area contributed by atoms with Crippen LogP contribution < -0.4 is 10.4 Å². The lowest BCUT2D eigenvalue weighted by Crippen LogP contribution is -2.24. The summed E-state index contributed by atoms with van der Waals surface area (Å²) < 4.78 is 32.0. The average Bonchev–Trinajstić information content (AvgIpc) is 2.92. The zero-order chi connectivity index (χ0) is 20.6. The molecule has 0 fully saturated rings. The van der Waals surface area contributed by atoms with Gasteiger partial charge < -0.3 is 9.84 Å². The first-order valence-corrected chi connectivity index (χ1v) is 8.24. The summed E-state index contributed by atoms with van der Waals surface area (Å²) in [7, 11) is 0. The molecule has 0 saturated heterocycles. The summed E-state index contributed by atoms with van der Waals surface area (Å²) in [6.07, 6.45) is 0. The molecule has 1 N–H and O–H groups in total. The van der Waals surface area contributed by atoms with Crippen molar-refractivity contribution in [2.24, 2.45) is 0 Å². The second-order valence-electron chi connectivity index (χ2n) is 6.23. The van der Waals surface area contributed by atoms with Gasteiger partial charge in [0.15, 0.2) is 0 Å². The summed E-state index contributed by atoms with van der Waals surface area (Å²) in [5.41, 5.74) is -0.194. The predicted molar refractivity (Wildman–Crippen MR) is 96.2 cm³/mol. The Kier molecular flexibility index (Phi) is 4.88. The van der Waals surface area contributed by atoms with Crippen molar-refractivity contribution in [1.82, 2.24) is 9.13 Å². The fraction of sp³-hybridized carbons (Fsp3) is 0.211. The fourth-order valence-corrected chi connectivity index (χ4v) is 3.13. The SMILES string of the molecule is CC(C)n1c(=O)n(-c2cccc(OC(F)F)c2)c2ccc(C(=O)O)c(C#N)c21. The van der Waals surface area contributed by atoms with Crippen LogP contribution in [-0.4, -0.2) is 26.8 Å². The van der Waals surface area contributed by atoms with Crippen LogP contribution >= 0.6 is 0 Å².